The van der Waals surface area contributed by atoms with Crippen LogP contribution in [0, 0.1) is 5.92 Å². The first-order valence-electron chi connectivity index (χ1n) is 11.7. The first-order chi connectivity index (χ1) is 16.8. The van der Waals surface area contributed by atoms with Crippen molar-refractivity contribution in [3.63, 3.8) is 0 Å². The summed E-state index contributed by atoms with van der Waals surface area (Å²) in [6.45, 7) is 4.80. The lowest BCUT2D eigenvalue weighted by Gasteiger charge is -2.08. The summed E-state index contributed by atoms with van der Waals surface area (Å²) in [7, 11) is 3.01. The Labute approximate surface area is 213 Å². The summed E-state index contributed by atoms with van der Waals surface area (Å²) in [6.07, 6.45) is 1.69. The summed E-state index contributed by atoms with van der Waals surface area (Å²) in [5.74, 6) is 0.760. The van der Waals surface area contributed by atoms with Gasteiger partial charge < -0.3 is 9.84 Å². The van der Waals surface area contributed by atoms with Crippen LogP contribution in [0.4, 0.5) is 0 Å². The zero-order chi connectivity index (χ0) is 25.1. The van der Waals surface area contributed by atoms with Gasteiger partial charge in [-0.15, -0.1) is 11.8 Å². The fourth-order valence-corrected chi connectivity index (χ4v) is 6.91. The number of nitrogens with zero attached hydrogens (tertiary/aromatic N) is 2. The standard InChI is InChI=1S/C27H30N2O4S2/c1-17(2)16-29-26-23(25(31)28(3)27(29)32)24(34-14-8-13-22(30)33-4)21(35-26)15-19-11-7-10-18-9-5-6-12-20(18)19/h5-7,9-12,17H,8,13-16H2,1-4H3/p+1. The van der Waals surface area contributed by atoms with E-state index in [1.54, 1.807) is 30.1 Å². The smallest absolute Gasteiger partial charge is 0.457 e. The van der Waals surface area contributed by atoms with Crippen LogP contribution in [0.2, 0.25) is 0 Å². The lowest BCUT2D eigenvalue weighted by molar-refractivity contribution is -0.685. The van der Waals surface area contributed by atoms with E-state index in [0.29, 0.717) is 42.9 Å². The van der Waals surface area contributed by atoms with Crippen LogP contribution in [0.25, 0.3) is 21.0 Å². The Morgan fingerprint density at radius 2 is 1.94 bits per heavy atom. The topological polar surface area (TPSA) is 72.4 Å². The van der Waals surface area contributed by atoms with E-state index in [-0.39, 0.29) is 17.5 Å². The third kappa shape index (κ3) is 5.23. The Morgan fingerprint density at radius 3 is 2.69 bits per heavy atom. The van der Waals surface area contributed by atoms with E-state index in [1.165, 1.54) is 28.0 Å². The number of benzene rings is 2. The molecular formula is C27H31N2O4S2+. The summed E-state index contributed by atoms with van der Waals surface area (Å²) >= 11 is 3.19. The number of aromatic hydroxyl groups is 1. The molecule has 2 aromatic heterocycles. The molecule has 8 heteroatoms. The number of thiophene rings is 1. The van der Waals surface area contributed by atoms with Crippen molar-refractivity contribution in [1.29, 1.82) is 0 Å². The molecule has 6 nitrogen and oxygen atoms in total. The van der Waals surface area contributed by atoms with Gasteiger partial charge in [0, 0.05) is 22.6 Å². The second kappa shape index (κ2) is 10.8. The quantitative estimate of drug-likeness (QED) is 0.148. The van der Waals surface area contributed by atoms with Crippen molar-refractivity contribution in [3.05, 3.63) is 63.3 Å². The largest absolute Gasteiger partial charge is 0.469 e. The van der Waals surface area contributed by atoms with Gasteiger partial charge in [0.2, 0.25) is 4.83 Å². The molecule has 4 rings (SSSR count). The van der Waals surface area contributed by atoms with Gasteiger partial charge in [-0.05, 0) is 34.4 Å². The van der Waals surface area contributed by atoms with Gasteiger partial charge in [-0.2, -0.15) is 9.13 Å². The van der Waals surface area contributed by atoms with Crippen molar-refractivity contribution in [2.24, 2.45) is 13.0 Å². The lowest BCUT2D eigenvalue weighted by Crippen LogP contribution is -2.42. The summed E-state index contributed by atoms with van der Waals surface area (Å²) in [6, 6.07) is 14.6. The Bertz CT molecular complexity index is 1430. The molecule has 1 N–H and O–H groups in total. The van der Waals surface area contributed by atoms with Crippen molar-refractivity contribution in [3.8, 4) is 6.01 Å². The van der Waals surface area contributed by atoms with Gasteiger partial charge in [-0.3, -0.25) is 4.79 Å². The molecule has 0 aliphatic rings. The molecule has 0 atom stereocenters. The summed E-state index contributed by atoms with van der Waals surface area (Å²) in [4.78, 5) is 27.8. The highest BCUT2D eigenvalue weighted by Gasteiger charge is 2.28. The fourth-order valence-electron chi connectivity index (χ4n) is 4.27. The molecule has 2 heterocycles. The number of thioether (sulfide) groups is 1. The van der Waals surface area contributed by atoms with Crippen LogP contribution in [-0.2, 0) is 29.5 Å². The van der Waals surface area contributed by atoms with E-state index in [9.17, 15) is 14.7 Å². The number of rotatable bonds is 9. The van der Waals surface area contributed by atoms with Gasteiger partial charge in [0.15, 0.2) is 0 Å². The number of esters is 1. The first kappa shape index (κ1) is 25.3. The van der Waals surface area contributed by atoms with Crippen molar-refractivity contribution < 1.29 is 19.2 Å². The number of methoxy groups -OCH3 is 1. The predicted molar refractivity (Wildman–Crippen MR) is 142 cm³/mol. The van der Waals surface area contributed by atoms with Gasteiger partial charge in [-0.1, -0.05) is 67.6 Å². The Balaban J connectivity index is 1.85. The number of carbonyl (C=O) groups excluding carboxylic acids is 1. The fraction of sp³-hybridized carbons (Fsp3) is 0.370. The van der Waals surface area contributed by atoms with E-state index in [4.69, 9.17) is 4.74 Å². The van der Waals surface area contributed by atoms with Crippen LogP contribution in [-0.4, -0.2) is 28.5 Å². The summed E-state index contributed by atoms with van der Waals surface area (Å²) < 4.78 is 7.96. The number of hydrogen-bond donors (Lipinski definition) is 1. The maximum atomic E-state index is 13.4. The molecule has 0 unspecified atom stereocenters. The first-order valence-corrected chi connectivity index (χ1v) is 13.6. The van der Waals surface area contributed by atoms with Crippen LogP contribution >= 0.6 is 23.1 Å². The van der Waals surface area contributed by atoms with Gasteiger partial charge >= 0.3 is 17.5 Å². The summed E-state index contributed by atoms with van der Waals surface area (Å²) in [5.41, 5.74) is 0.996. The number of ether oxygens (including phenoxy) is 1. The molecule has 0 saturated carbocycles. The highest BCUT2D eigenvalue weighted by Crippen LogP contribution is 2.38. The van der Waals surface area contributed by atoms with Crippen LogP contribution in [0.15, 0.2) is 52.2 Å². The molecule has 184 valence electrons. The third-order valence-corrected chi connectivity index (χ3v) is 8.57. The number of hydrogen-bond acceptors (Lipinski definition) is 6. The van der Waals surface area contributed by atoms with Gasteiger partial charge in [0.05, 0.1) is 20.7 Å². The number of carbonyl (C=O) groups is 1. The van der Waals surface area contributed by atoms with E-state index < -0.39 is 0 Å². The number of aromatic nitrogens is 2. The Hall–Kier alpha value is -2.84. The predicted octanol–water partition coefficient (Wildman–Crippen LogP) is 5.04. The van der Waals surface area contributed by atoms with Crippen LogP contribution in [0.3, 0.4) is 0 Å². The number of fused-ring (bicyclic) bond motifs is 2. The van der Waals surface area contributed by atoms with Gasteiger partial charge in [-0.25, -0.2) is 4.79 Å². The minimum atomic E-state index is -0.229. The van der Waals surface area contributed by atoms with Gasteiger partial charge in [0.25, 0.3) is 0 Å². The molecule has 0 bridgehead atoms. The zero-order valence-corrected chi connectivity index (χ0v) is 22.2. The van der Waals surface area contributed by atoms with Gasteiger partial charge in [0.1, 0.15) is 5.39 Å². The Morgan fingerprint density at radius 1 is 1.20 bits per heavy atom. The average molecular weight is 512 g/mol. The zero-order valence-electron chi connectivity index (χ0n) is 20.5. The minimum absolute atomic E-state index is 0.0311. The molecule has 4 aromatic rings. The highest BCUT2D eigenvalue weighted by molar-refractivity contribution is 7.99. The van der Waals surface area contributed by atoms with Crippen molar-refractivity contribution in [2.45, 2.75) is 44.6 Å². The third-order valence-electron chi connectivity index (χ3n) is 6.00. The average Bonchev–Trinajstić information content (AvgIpc) is 3.20. The molecule has 0 amide bonds. The second-order valence-corrected chi connectivity index (χ2v) is 11.2. The molecule has 0 spiro atoms. The molecule has 0 aliphatic carbocycles. The van der Waals surface area contributed by atoms with Crippen molar-refractivity contribution in [2.75, 3.05) is 12.9 Å². The van der Waals surface area contributed by atoms with Crippen LogP contribution in [0.5, 0.6) is 6.01 Å². The molecule has 35 heavy (non-hydrogen) atoms. The normalized spacial score (nSPS) is 11.6. The molecule has 0 saturated heterocycles. The van der Waals surface area contributed by atoms with E-state index in [0.717, 1.165) is 14.6 Å². The van der Waals surface area contributed by atoms with Crippen molar-refractivity contribution in [1.82, 2.24) is 4.57 Å². The SMILES string of the molecule is COC(=O)CCCSc1c(Cc2cccc3ccccc23)sc2c1c(=O)n(C)c(O)[n+]2CC(C)C. The van der Waals surface area contributed by atoms with Crippen molar-refractivity contribution >= 4 is 50.1 Å². The Kier molecular flexibility index (Phi) is 7.82. The molecule has 0 fully saturated rings. The molecule has 2 aromatic carbocycles. The van der Waals surface area contributed by atoms with E-state index in [1.807, 2.05) is 16.7 Å². The molecule has 0 radical (unpaired) electrons. The minimum Gasteiger partial charge on any atom is -0.469 e. The second-order valence-electron chi connectivity index (χ2n) is 9.05. The monoisotopic (exact) mass is 511 g/mol. The summed E-state index contributed by atoms with van der Waals surface area (Å²) in [5, 5.41) is 13.9. The molecule has 0 aliphatic heterocycles. The van der Waals surface area contributed by atoms with E-state index in [2.05, 4.69) is 44.2 Å². The van der Waals surface area contributed by atoms with Crippen LogP contribution < -0.4 is 10.1 Å². The van der Waals surface area contributed by atoms with E-state index >= 15 is 0 Å². The highest BCUT2D eigenvalue weighted by atomic mass is 32.2. The maximum Gasteiger partial charge on any atom is 0.457 e. The lowest BCUT2D eigenvalue weighted by atomic mass is 10.0. The molecular weight excluding hydrogens is 480 g/mol. The maximum absolute atomic E-state index is 13.4. The van der Waals surface area contributed by atoms with Crippen LogP contribution in [0.1, 0.15) is 37.1 Å².